The molecule has 13 heteroatoms. The van der Waals surface area contributed by atoms with Crippen molar-refractivity contribution in [2.75, 3.05) is 25.6 Å². The summed E-state index contributed by atoms with van der Waals surface area (Å²) in [5, 5.41) is -0.0462. The minimum absolute atomic E-state index is 0.0462. The molecule has 1 aromatic rings. The van der Waals surface area contributed by atoms with E-state index in [1.165, 1.54) is 23.3 Å². The summed E-state index contributed by atoms with van der Waals surface area (Å²) in [5.74, 6) is 0.0601. The van der Waals surface area contributed by atoms with E-state index in [1.807, 2.05) is 32.1 Å². The van der Waals surface area contributed by atoms with Crippen molar-refractivity contribution in [3.63, 3.8) is 0 Å². The number of nitrogens with zero attached hydrogens (tertiary/aromatic N) is 2. The fourth-order valence-corrected chi connectivity index (χ4v) is 5.24. The molecule has 2 rings (SSSR count). The first-order valence-electron chi connectivity index (χ1n) is 14.0. The van der Waals surface area contributed by atoms with E-state index in [0.717, 1.165) is 21.9 Å². The topological polar surface area (TPSA) is 135 Å². The van der Waals surface area contributed by atoms with Gasteiger partial charge in [-0.2, -0.15) is 0 Å². The molecule has 2 heterocycles. The molecule has 0 spiro atoms. The maximum absolute atomic E-state index is 13.1. The summed E-state index contributed by atoms with van der Waals surface area (Å²) in [6, 6.07) is 1.26. The van der Waals surface area contributed by atoms with Crippen LogP contribution in [-0.4, -0.2) is 50.8 Å². The van der Waals surface area contributed by atoms with E-state index >= 15 is 0 Å². The smallest absolute Gasteiger partial charge is 0.356 e. The third-order valence-corrected chi connectivity index (χ3v) is 7.91. The second kappa shape index (κ2) is 18.6. The summed E-state index contributed by atoms with van der Waals surface area (Å²) in [5.41, 5.74) is -0.843. The molecule has 42 heavy (non-hydrogen) atoms. The fraction of sp³-hybridized carbons (Fsp3) is 0.621. The van der Waals surface area contributed by atoms with Crippen molar-refractivity contribution in [2.24, 2.45) is 11.3 Å². The molecule has 0 saturated carbocycles. The maximum Gasteiger partial charge on any atom is 0.472 e. The summed E-state index contributed by atoms with van der Waals surface area (Å²) >= 11 is 1.03. The van der Waals surface area contributed by atoms with Crippen molar-refractivity contribution >= 4 is 24.7 Å². The Morgan fingerprint density at radius 2 is 1.95 bits per heavy atom. The van der Waals surface area contributed by atoms with Gasteiger partial charge in [0.25, 0.3) is 5.56 Å². The molecule has 0 bridgehead atoms. The predicted octanol–water partition coefficient (Wildman–Crippen LogP) is 5.45. The highest BCUT2D eigenvalue weighted by atomic mass is 32.2. The molecule has 1 aromatic heterocycles. The molecular formula is C29H47N2O9PS. The third kappa shape index (κ3) is 13.1. The molecule has 1 N–H and O–H groups in total. The zero-order chi connectivity index (χ0) is 31.9. The van der Waals surface area contributed by atoms with E-state index in [-0.39, 0.29) is 43.3 Å². The lowest BCUT2D eigenvalue weighted by Crippen LogP contribution is -2.41. The van der Waals surface area contributed by atoms with E-state index in [2.05, 4.69) is 20.4 Å². The first kappa shape index (κ1) is 38.0. The van der Waals surface area contributed by atoms with E-state index < -0.39 is 36.8 Å². The largest absolute Gasteiger partial charge is 0.472 e. The van der Waals surface area contributed by atoms with Gasteiger partial charge < -0.3 is 14.4 Å². The van der Waals surface area contributed by atoms with Gasteiger partial charge in [0.15, 0.2) is 5.12 Å². The van der Waals surface area contributed by atoms with Crippen LogP contribution in [0.4, 0.5) is 0 Å². The number of rotatable bonds is 14. The Labute approximate surface area is 253 Å². The highest BCUT2D eigenvalue weighted by Gasteiger charge is 2.36. The van der Waals surface area contributed by atoms with Crippen molar-refractivity contribution < 1.29 is 32.8 Å². The Balaban J connectivity index is 0.00000281. The number of hydrogen-bond donors (Lipinski definition) is 1. The quantitative estimate of drug-likeness (QED) is 0.161. The maximum atomic E-state index is 13.1. The Morgan fingerprint density at radius 1 is 1.29 bits per heavy atom. The van der Waals surface area contributed by atoms with Gasteiger partial charge in [-0.15, -0.1) is 0 Å². The van der Waals surface area contributed by atoms with Crippen LogP contribution in [0, 0.1) is 11.3 Å². The van der Waals surface area contributed by atoms with Gasteiger partial charge >= 0.3 is 13.5 Å². The molecule has 0 aliphatic carbocycles. The SMILES string of the molecule is C=C/C(=C\C=C/C)COCn1c(=O)ccn(C2OC(COP(=O)(O)OCCSC(=O)C(C)(C)C)CC2C)c1=O.CCC. The van der Waals surface area contributed by atoms with Gasteiger partial charge in [0.05, 0.1) is 25.9 Å². The number of ether oxygens (including phenoxy) is 2. The fourth-order valence-electron chi connectivity index (χ4n) is 3.58. The van der Waals surface area contributed by atoms with E-state index in [4.69, 9.17) is 18.5 Å². The highest BCUT2D eigenvalue weighted by molar-refractivity contribution is 8.13. The van der Waals surface area contributed by atoms with Gasteiger partial charge in [-0.05, 0) is 18.9 Å². The minimum atomic E-state index is -4.36. The first-order valence-corrected chi connectivity index (χ1v) is 16.5. The number of allylic oxidation sites excluding steroid dienone is 3. The molecule has 4 unspecified atom stereocenters. The summed E-state index contributed by atoms with van der Waals surface area (Å²) in [7, 11) is -4.36. The van der Waals surface area contributed by atoms with Crippen LogP contribution < -0.4 is 11.2 Å². The molecule has 1 aliphatic rings. The average Bonchev–Trinajstić information content (AvgIpc) is 3.29. The lowest BCUT2D eigenvalue weighted by molar-refractivity contribution is -0.117. The molecule has 1 aliphatic heterocycles. The molecule has 11 nitrogen and oxygen atoms in total. The van der Waals surface area contributed by atoms with Gasteiger partial charge in [0, 0.05) is 29.3 Å². The monoisotopic (exact) mass is 630 g/mol. The number of phosphoric acid groups is 1. The highest BCUT2D eigenvalue weighted by Crippen LogP contribution is 2.45. The van der Waals surface area contributed by atoms with Crippen LogP contribution in [0.15, 0.2) is 58.3 Å². The summed E-state index contributed by atoms with van der Waals surface area (Å²) < 4.78 is 36.1. The van der Waals surface area contributed by atoms with Crippen LogP contribution >= 0.6 is 19.6 Å². The molecule has 1 fully saturated rings. The Bertz CT molecular complexity index is 1230. The predicted molar refractivity (Wildman–Crippen MR) is 166 cm³/mol. The van der Waals surface area contributed by atoms with Crippen molar-refractivity contribution in [1.29, 1.82) is 0 Å². The normalized spacial score (nSPS) is 20.7. The van der Waals surface area contributed by atoms with Crippen LogP contribution in [0.5, 0.6) is 0 Å². The summed E-state index contributed by atoms with van der Waals surface area (Å²) in [4.78, 5) is 47.3. The van der Waals surface area contributed by atoms with Crippen LogP contribution in [0.1, 0.15) is 67.5 Å². The Morgan fingerprint density at radius 3 is 2.55 bits per heavy atom. The van der Waals surface area contributed by atoms with Crippen LogP contribution in [0.2, 0.25) is 0 Å². The number of carbonyl (C=O) groups excluding carboxylic acids is 1. The minimum Gasteiger partial charge on any atom is -0.356 e. The van der Waals surface area contributed by atoms with Crippen molar-refractivity contribution in [2.45, 2.75) is 80.4 Å². The molecule has 4 atom stereocenters. The summed E-state index contributed by atoms with van der Waals surface area (Å²) in [6.45, 7) is 16.6. The third-order valence-electron chi connectivity index (χ3n) is 5.68. The first-order chi connectivity index (χ1) is 19.7. The van der Waals surface area contributed by atoms with Crippen LogP contribution in [0.25, 0.3) is 0 Å². The summed E-state index contributed by atoms with van der Waals surface area (Å²) in [6.07, 6.45) is 8.90. The van der Waals surface area contributed by atoms with Gasteiger partial charge in [-0.25, -0.2) is 13.9 Å². The number of hydrogen-bond acceptors (Lipinski definition) is 9. The molecule has 0 radical (unpaired) electrons. The van der Waals surface area contributed by atoms with Gasteiger partial charge in [0.2, 0.25) is 0 Å². The van der Waals surface area contributed by atoms with Gasteiger partial charge in [0.1, 0.15) is 13.0 Å². The zero-order valence-corrected chi connectivity index (χ0v) is 27.5. The lowest BCUT2D eigenvalue weighted by atomic mass is 10.00. The van der Waals surface area contributed by atoms with Crippen molar-refractivity contribution in [3.8, 4) is 0 Å². The van der Waals surface area contributed by atoms with Gasteiger partial charge in [-0.3, -0.25) is 23.2 Å². The molecule has 0 aromatic carbocycles. The number of carbonyl (C=O) groups is 1. The molecule has 238 valence electrons. The number of phosphoric ester groups is 1. The Kier molecular flexibility index (Phi) is 16.8. The van der Waals surface area contributed by atoms with Gasteiger partial charge in [-0.1, -0.05) is 90.6 Å². The Hall–Kier alpha value is -2.05. The molecular weight excluding hydrogens is 583 g/mol. The average molecular weight is 631 g/mol. The zero-order valence-electron chi connectivity index (χ0n) is 25.8. The molecule has 1 saturated heterocycles. The van der Waals surface area contributed by atoms with E-state index in [0.29, 0.717) is 6.42 Å². The second-order valence-electron chi connectivity index (χ2n) is 10.8. The van der Waals surface area contributed by atoms with E-state index in [1.54, 1.807) is 26.8 Å². The number of aromatic nitrogens is 2. The second-order valence-corrected chi connectivity index (χ2v) is 13.3. The van der Waals surface area contributed by atoms with E-state index in [9.17, 15) is 23.8 Å². The lowest BCUT2D eigenvalue weighted by Gasteiger charge is -2.20. The van der Waals surface area contributed by atoms with Crippen molar-refractivity contribution in [1.82, 2.24) is 9.13 Å². The van der Waals surface area contributed by atoms with Crippen molar-refractivity contribution in [3.05, 3.63) is 69.6 Å². The standard InChI is InChI=1S/C26H39N2O9PS.C3H8/c1-7-9-10-20(8-2)16-34-18-28-22(29)11-12-27(25(28)31)23-19(3)15-21(37-23)17-36-38(32,33)35-13-14-39-24(30)26(4,5)6;1-3-2/h7-12,19,21,23H,2,13-18H2,1,3-6H3,(H,32,33);3H2,1-2H3/b9-7-,20-10+;. The van der Waals surface area contributed by atoms with Crippen LogP contribution in [0.3, 0.4) is 0 Å². The van der Waals surface area contributed by atoms with Crippen LogP contribution in [-0.2, 0) is 34.6 Å². The molecule has 0 amide bonds. The number of thioether (sulfide) groups is 1.